The molecule has 30 heavy (non-hydrogen) atoms. The Morgan fingerprint density at radius 2 is 2.00 bits per heavy atom. The lowest BCUT2D eigenvalue weighted by molar-refractivity contribution is 0.305. The Morgan fingerprint density at radius 1 is 1.23 bits per heavy atom. The zero-order chi connectivity index (χ0) is 20.9. The van der Waals surface area contributed by atoms with E-state index in [4.69, 9.17) is 4.52 Å². The molecule has 2 aliphatic rings. The van der Waals surface area contributed by atoms with Crippen LogP contribution in [0, 0.1) is 17.8 Å². The van der Waals surface area contributed by atoms with Crippen molar-refractivity contribution >= 4 is 11.8 Å². The Hall–Kier alpha value is -1.45. The van der Waals surface area contributed by atoms with Gasteiger partial charge < -0.3 is 14.7 Å². The second-order valence-corrected chi connectivity index (χ2v) is 10.0. The van der Waals surface area contributed by atoms with Crippen LogP contribution in [-0.2, 0) is 13.1 Å². The first-order chi connectivity index (χ1) is 14.7. The van der Waals surface area contributed by atoms with Crippen LogP contribution in [-0.4, -0.2) is 62.9 Å². The van der Waals surface area contributed by atoms with Crippen LogP contribution in [0.25, 0.3) is 0 Å². The van der Waals surface area contributed by atoms with E-state index in [0.717, 1.165) is 60.4 Å². The molecule has 2 heterocycles. The van der Waals surface area contributed by atoms with Crippen molar-refractivity contribution in [1.82, 2.24) is 35.6 Å². The van der Waals surface area contributed by atoms with E-state index in [1.54, 1.807) is 11.8 Å². The molecule has 0 spiro atoms. The molecule has 2 aliphatic carbocycles. The summed E-state index contributed by atoms with van der Waals surface area (Å²) >= 11 is 1.80. The molecule has 2 aromatic rings. The summed E-state index contributed by atoms with van der Waals surface area (Å²) in [5.41, 5.74) is 0.866. The number of nitrogens with zero attached hydrogens (tertiary/aromatic N) is 6. The molecule has 0 saturated heterocycles. The standard InChI is InChI=1S/C21H35N7OS/c1-27(2)14-15-12-19(24-29-15)20(21-23-25-26-28(21)10-11-30-3)22-13-18-16-8-6-4-5-7-9-17(16)18/h12,16-18,20,22H,4-11,13-14H2,1-3H3/t16-,17+,18?,20?. The Kier molecular flexibility index (Phi) is 7.43. The van der Waals surface area contributed by atoms with E-state index in [2.05, 4.69) is 37.2 Å². The highest BCUT2D eigenvalue weighted by Gasteiger charge is 2.48. The maximum Gasteiger partial charge on any atom is 0.174 e. The lowest BCUT2D eigenvalue weighted by atomic mass is 10.0. The highest BCUT2D eigenvalue weighted by Crippen LogP contribution is 2.53. The third kappa shape index (κ3) is 5.23. The van der Waals surface area contributed by atoms with Crippen molar-refractivity contribution < 1.29 is 4.52 Å². The molecule has 4 atom stereocenters. The lowest BCUT2D eigenvalue weighted by Crippen LogP contribution is -2.29. The summed E-state index contributed by atoms with van der Waals surface area (Å²) in [6.45, 7) is 2.51. The molecular weight excluding hydrogens is 398 g/mol. The first-order valence-electron chi connectivity index (χ1n) is 11.3. The van der Waals surface area contributed by atoms with Gasteiger partial charge in [-0.1, -0.05) is 30.8 Å². The van der Waals surface area contributed by atoms with Crippen LogP contribution < -0.4 is 5.32 Å². The molecule has 0 aliphatic heterocycles. The molecule has 2 unspecified atom stereocenters. The van der Waals surface area contributed by atoms with Gasteiger partial charge in [-0.15, -0.1) is 5.10 Å². The smallest absolute Gasteiger partial charge is 0.174 e. The number of nitrogens with one attached hydrogen (secondary N) is 1. The summed E-state index contributed by atoms with van der Waals surface area (Å²) in [5.74, 6) is 5.22. The monoisotopic (exact) mass is 433 g/mol. The number of hydrogen-bond donors (Lipinski definition) is 1. The van der Waals surface area contributed by atoms with Gasteiger partial charge in [-0.05, 0) is 67.9 Å². The molecule has 9 heteroatoms. The van der Waals surface area contributed by atoms with Gasteiger partial charge in [0.25, 0.3) is 0 Å². The van der Waals surface area contributed by atoms with Gasteiger partial charge in [0.05, 0.1) is 13.1 Å². The van der Waals surface area contributed by atoms with Gasteiger partial charge in [0.2, 0.25) is 0 Å². The summed E-state index contributed by atoms with van der Waals surface area (Å²) in [7, 11) is 4.06. The van der Waals surface area contributed by atoms with Crippen LogP contribution in [0.1, 0.15) is 61.8 Å². The largest absolute Gasteiger partial charge is 0.360 e. The van der Waals surface area contributed by atoms with Gasteiger partial charge >= 0.3 is 0 Å². The molecule has 2 aromatic heterocycles. The molecule has 2 fully saturated rings. The van der Waals surface area contributed by atoms with Crippen LogP contribution in [0.5, 0.6) is 0 Å². The van der Waals surface area contributed by atoms with Gasteiger partial charge in [0, 0.05) is 11.8 Å². The minimum atomic E-state index is -0.145. The number of aromatic nitrogens is 5. The zero-order valence-corrected chi connectivity index (χ0v) is 19.3. The Morgan fingerprint density at radius 3 is 2.70 bits per heavy atom. The van der Waals surface area contributed by atoms with Crippen LogP contribution >= 0.6 is 11.8 Å². The van der Waals surface area contributed by atoms with Gasteiger partial charge in [-0.2, -0.15) is 11.8 Å². The molecule has 0 bridgehead atoms. The fourth-order valence-corrected chi connectivity index (χ4v) is 5.34. The summed E-state index contributed by atoms with van der Waals surface area (Å²) < 4.78 is 7.52. The normalized spacial score (nSPS) is 25.0. The summed E-state index contributed by atoms with van der Waals surface area (Å²) in [4.78, 5) is 2.08. The number of fused-ring (bicyclic) bond motifs is 1. The van der Waals surface area contributed by atoms with E-state index in [1.807, 2.05) is 24.8 Å². The van der Waals surface area contributed by atoms with Crippen LogP contribution in [0.2, 0.25) is 0 Å². The van der Waals surface area contributed by atoms with Gasteiger partial charge in [0.15, 0.2) is 11.6 Å². The highest BCUT2D eigenvalue weighted by atomic mass is 32.2. The molecule has 1 N–H and O–H groups in total. The van der Waals surface area contributed by atoms with E-state index in [1.165, 1.54) is 38.5 Å². The summed E-state index contributed by atoms with van der Waals surface area (Å²) in [6, 6.07) is 1.90. The quantitative estimate of drug-likeness (QED) is 0.612. The molecular formula is C21H35N7OS. The highest BCUT2D eigenvalue weighted by molar-refractivity contribution is 7.98. The minimum absolute atomic E-state index is 0.145. The van der Waals surface area contributed by atoms with E-state index in [-0.39, 0.29) is 6.04 Å². The predicted octanol–water partition coefficient (Wildman–Crippen LogP) is 2.98. The third-order valence-electron chi connectivity index (χ3n) is 6.56. The number of aryl methyl sites for hydroxylation is 1. The predicted molar refractivity (Wildman–Crippen MR) is 118 cm³/mol. The van der Waals surface area contributed by atoms with E-state index >= 15 is 0 Å². The molecule has 0 aromatic carbocycles. The third-order valence-corrected chi connectivity index (χ3v) is 7.15. The average Bonchev–Trinajstić information content (AvgIpc) is 3.04. The van der Waals surface area contributed by atoms with Crippen molar-refractivity contribution in [1.29, 1.82) is 0 Å². The Bertz CT molecular complexity index is 778. The molecule has 8 nitrogen and oxygen atoms in total. The van der Waals surface area contributed by atoms with Gasteiger partial charge in [-0.25, -0.2) is 4.68 Å². The fourth-order valence-electron chi connectivity index (χ4n) is 4.99. The Balaban J connectivity index is 1.49. The van der Waals surface area contributed by atoms with Crippen molar-refractivity contribution in [2.75, 3.05) is 32.6 Å². The van der Waals surface area contributed by atoms with Crippen molar-refractivity contribution in [3.05, 3.63) is 23.3 Å². The molecule has 4 rings (SSSR count). The Labute approximate surface area is 183 Å². The van der Waals surface area contributed by atoms with E-state index < -0.39 is 0 Å². The molecule has 0 amide bonds. The summed E-state index contributed by atoms with van der Waals surface area (Å²) in [6.07, 6.45) is 10.5. The van der Waals surface area contributed by atoms with Crippen molar-refractivity contribution in [3.8, 4) is 0 Å². The van der Waals surface area contributed by atoms with Crippen molar-refractivity contribution in [2.45, 2.75) is 57.7 Å². The maximum absolute atomic E-state index is 5.61. The van der Waals surface area contributed by atoms with Crippen LogP contribution in [0.4, 0.5) is 0 Å². The SMILES string of the molecule is CSCCn1nnnc1C(NCC1[C@H]2CCCCCC[C@@H]12)c1cc(CN(C)C)on1. The minimum Gasteiger partial charge on any atom is -0.360 e. The molecule has 2 saturated carbocycles. The van der Waals surface area contributed by atoms with Crippen LogP contribution in [0.3, 0.4) is 0 Å². The molecule has 166 valence electrons. The fraction of sp³-hybridized carbons (Fsp3) is 0.810. The summed E-state index contributed by atoms with van der Waals surface area (Å²) in [5, 5.41) is 20.7. The van der Waals surface area contributed by atoms with Crippen molar-refractivity contribution in [2.24, 2.45) is 17.8 Å². The first kappa shape index (κ1) is 21.8. The van der Waals surface area contributed by atoms with Gasteiger partial charge in [-0.3, -0.25) is 0 Å². The second-order valence-electron chi connectivity index (χ2n) is 9.03. The number of hydrogen-bond acceptors (Lipinski definition) is 8. The lowest BCUT2D eigenvalue weighted by Gasteiger charge is -2.16. The number of thioether (sulfide) groups is 1. The topological polar surface area (TPSA) is 84.9 Å². The molecule has 0 radical (unpaired) electrons. The number of rotatable bonds is 10. The van der Waals surface area contributed by atoms with Gasteiger partial charge in [0.1, 0.15) is 11.7 Å². The average molecular weight is 434 g/mol. The van der Waals surface area contributed by atoms with E-state index in [9.17, 15) is 0 Å². The van der Waals surface area contributed by atoms with Crippen molar-refractivity contribution in [3.63, 3.8) is 0 Å². The second kappa shape index (κ2) is 10.2. The first-order valence-corrected chi connectivity index (χ1v) is 12.7. The maximum atomic E-state index is 5.61. The van der Waals surface area contributed by atoms with E-state index in [0.29, 0.717) is 0 Å². The zero-order valence-electron chi connectivity index (χ0n) is 18.5. The van der Waals surface area contributed by atoms with Crippen LogP contribution in [0.15, 0.2) is 10.6 Å². The number of tetrazole rings is 1.